The van der Waals surface area contributed by atoms with Crippen LogP contribution in [0.4, 0.5) is 11.4 Å². The van der Waals surface area contributed by atoms with Crippen molar-refractivity contribution in [3.63, 3.8) is 0 Å². The molecule has 150 valence electrons. The molecule has 0 aliphatic carbocycles. The van der Waals surface area contributed by atoms with Crippen molar-refractivity contribution in [2.45, 2.75) is 32.0 Å². The number of aryl methyl sites for hydroxylation is 1. The Balaban J connectivity index is 1.71. The number of amides is 1. The fourth-order valence-corrected chi connectivity index (χ4v) is 3.61. The zero-order valence-corrected chi connectivity index (χ0v) is 17.0. The van der Waals surface area contributed by atoms with Crippen molar-refractivity contribution in [2.75, 3.05) is 11.1 Å². The van der Waals surface area contributed by atoms with Crippen molar-refractivity contribution in [1.29, 1.82) is 0 Å². The summed E-state index contributed by atoms with van der Waals surface area (Å²) < 4.78 is 2.01. The van der Waals surface area contributed by atoms with Crippen LogP contribution in [0.25, 0.3) is 11.4 Å². The zero-order chi connectivity index (χ0) is 20.8. The lowest BCUT2D eigenvalue weighted by atomic mass is 10.1. The Morgan fingerprint density at radius 1 is 1.21 bits per heavy atom. The highest BCUT2D eigenvalue weighted by Crippen LogP contribution is 2.25. The van der Waals surface area contributed by atoms with Crippen LogP contribution >= 0.6 is 11.8 Å². The van der Waals surface area contributed by atoms with E-state index < -0.39 is 4.92 Å². The number of hydrogen-bond acceptors (Lipinski definition) is 6. The van der Waals surface area contributed by atoms with E-state index in [0.29, 0.717) is 10.8 Å². The predicted molar refractivity (Wildman–Crippen MR) is 113 cm³/mol. The average Bonchev–Trinajstić information content (AvgIpc) is 3.09. The number of carbonyl (C=O) groups is 1. The molecular formula is C20H21N5O3S. The van der Waals surface area contributed by atoms with E-state index in [1.165, 1.54) is 30.0 Å². The lowest BCUT2D eigenvalue weighted by Gasteiger charge is -2.09. The van der Waals surface area contributed by atoms with Crippen LogP contribution in [0.5, 0.6) is 0 Å². The van der Waals surface area contributed by atoms with Crippen LogP contribution in [0.1, 0.15) is 18.9 Å². The second-order valence-electron chi connectivity index (χ2n) is 6.47. The Labute approximate surface area is 172 Å². The number of hydrogen-bond donors (Lipinski definition) is 1. The van der Waals surface area contributed by atoms with Gasteiger partial charge >= 0.3 is 0 Å². The van der Waals surface area contributed by atoms with Gasteiger partial charge in [-0.3, -0.25) is 14.9 Å². The van der Waals surface area contributed by atoms with Crippen molar-refractivity contribution >= 4 is 29.0 Å². The molecule has 3 aromatic rings. The highest BCUT2D eigenvalue weighted by molar-refractivity contribution is 7.99. The van der Waals surface area contributed by atoms with E-state index in [1.807, 2.05) is 29.7 Å². The Hall–Kier alpha value is -3.20. The fraction of sp³-hybridized carbons (Fsp3) is 0.250. The summed E-state index contributed by atoms with van der Waals surface area (Å²) in [6.45, 7) is 4.84. The Morgan fingerprint density at radius 3 is 2.72 bits per heavy atom. The smallest absolute Gasteiger partial charge is 0.271 e. The van der Waals surface area contributed by atoms with E-state index in [-0.39, 0.29) is 17.3 Å². The molecule has 0 bridgehead atoms. The molecule has 0 saturated heterocycles. The van der Waals surface area contributed by atoms with Crippen molar-refractivity contribution in [2.24, 2.45) is 0 Å². The molecule has 1 N–H and O–H groups in total. The average molecular weight is 411 g/mol. The molecule has 0 aliphatic rings. The maximum atomic E-state index is 12.3. The summed E-state index contributed by atoms with van der Waals surface area (Å²) in [5.41, 5.74) is 2.44. The number of thioether (sulfide) groups is 1. The van der Waals surface area contributed by atoms with Crippen LogP contribution < -0.4 is 5.32 Å². The van der Waals surface area contributed by atoms with Crippen LogP contribution in [0.3, 0.4) is 0 Å². The maximum Gasteiger partial charge on any atom is 0.271 e. The van der Waals surface area contributed by atoms with Crippen molar-refractivity contribution in [3.05, 3.63) is 64.2 Å². The minimum atomic E-state index is -0.496. The van der Waals surface area contributed by atoms with E-state index >= 15 is 0 Å². The number of anilines is 1. The minimum Gasteiger partial charge on any atom is -0.325 e. The molecular weight excluding hydrogens is 390 g/mol. The largest absolute Gasteiger partial charge is 0.325 e. The lowest BCUT2D eigenvalue weighted by molar-refractivity contribution is -0.384. The van der Waals surface area contributed by atoms with Gasteiger partial charge in [-0.25, -0.2) is 0 Å². The van der Waals surface area contributed by atoms with Crippen LogP contribution in [0.2, 0.25) is 0 Å². The summed E-state index contributed by atoms with van der Waals surface area (Å²) in [6.07, 6.45) is 0.907. The topological polar surface area (TPSA) is 103 Å². The second-order valence-corrected chi connectivity index (χ2v) is 7.41. The number of aromatic nitrogens is 3. The first-order valence-electron chi connectivity index (χ1n) is 9.15. The fourth-order valence-electron chi connectivity index (χ4n) is 2.84. The van der Waals surface area contributed by atoms with Gasteiger partial charge in [-0.05, 0) is 25.5 Å². The molecule has 1 heterocycles. The molecule has 0 atom stereocenters. The molecule has 1 aromatic heterocycles. The SMILES string of the molecule is CCCn1c(SCC(=O)Nc2cccc([N+](=O)[O-])c2)nnc1-c1cccc(C)c1. The number of nitrogens with one attached hydrogen (secondary N) is 1. The van der Waals surface area contributed by atoms with E-state index in [4.69, 9.17) is 0 Å². The molecule has 9 heteroatoms. The number of non-ortho nitro benzene ring substituents is 1. The minimum absolute atomic E-state index is 0.0686. The third kappa shape index (κ3) is 5.20. The van der Waals surface area contributed by atoms with Crippen molar-refractivity contribution in [1.82, 2.24) is 14.8 Å². The van der Waals surface area contributed by atoms with Gasteiger partial charge < -0.3 is 9.88 Å². The third-order valence-corrected chi connectivity index (χ3v) is 5.08. The Kier molecular flexibility index (Phi) is 6.61. The standard InChI is InChI=1S/C20H21N5O3S/c1-3-10-24-19(15-7-4-6-14(2)11-15)22-23-20(24)29-13-18(26)21-16-8-5-9-17(12-16)25(27)28/h4-9,11-12H,3,10,13H2,1-2H3,(H,21,26). The molecule has 2 aromatic carbocycles. The number of nitro benzene ring substituents is 1. The zero-order valence-electron chi connectivity index (χ0n) is 16.2. The molecule has 29 heavy (non-hydrogen) atoms. The number of carbonyl (C=O) groups excluding carboxylic acids is 1. The summed E-state index contributed by atoms with van der Waals surface area (Å²) in [5, 5.41) is 22.8. The van der Waals surface area contributed by atoms with Crippen LogP contribution in [0.15, 0.2) is 53.7 Å². The molecule has 1 amide bonds. The van der Waals surface area contributed by atoms with Crippen LogP contribution in [-0.4, -0.2) is 31.3 Å². The van der Waals surface area contributed by atoms with Gasteiger partial charge in [0.15, 0.2) is 11.0 Å². The molecule has 8 nitrogen and oxygen atoms in total. The molecule has 0 fully saturated rings. The van der Waals surface area contributed by atoms with Gasteiger partial charge in [0, 0.05) is 29.9 Å². The van der Waals surface area contributed by atoms with E-state index in [2.05, 4.69) is 28.5 Å². The van der Waals surface area contributed by atoms with Crippen molar-refractivity contribution in [3.8, 4) is 11.4 Å². The molecule has 0 saturated carbocycles. The Morgan fingerprint density at radius 2 is 2.00 bits per heavy atom. The van der Waals surface area contributed by atoms with Gasteiger partial charge in [0.05, 0.1) is 10.7 Å². The van der Waals surface area contributed by atoms with E-state index in [9.17, 15) is 14.9 Å². The van der Waals surface area contributed by atoms with Crippen LogP contribution in [-0.2, 0) is 11.3 Å². The highest BCUT2D eigenvalue weighted by Gasteiger charge is 2.16. The third-order valence-electron chi connectivity index (χ3n) is 4.11. The monoisotopic (exact) mass is 411 g/mol. The highest BCUT2D eigenvalue weighted by atomic mass is 32.2. The normalized spacial score (nSPS) is 10.7. The molecule has 3 rings (SSSR count). The van der Waals surface area contributed by atoms with E-state index in [1.54, 1.807) is 6.07 Å². The quantitative estimate of drug-likeness (QED) is 0.337. The van der Waals surface area contributed by atoms with Gasteiger partial charge in [0.1, 0.15) is 0 Å². The number of benzene rings is 2. The van der Waals surface area contributed by atoms with E-state index in [0.717, 1.165) is 29.9 Å². The van der Waals surface area contributed by atoms with Crippen LogP contribution in [0, 0.1) is 17.0 Å². The summed E-state index contributed by atoms with van der Waals surface area (Å²) in [7, 11) is 0. The first-order chi connectivity index (χ1) is 14.0. The second kappa shape index (κ2) is 9.33. The molecule has 0 spiro atoms. The summed E-state index contributed by atoms with van der Waals surface area (Å²) in [5.74, 6) is 0.633. The molecule has 0 unspecified atom stereocenters. The number of nitro groups is 1. The first kappa shape index (κ1) is 20.5. The molecule has 0 radical (unpaired) electrons. The van der Waals surface area contributed by atoms with Gasteiger partial charge in [-0.15, -0.1) is 10.2 Å². The van der Waals surface area contributed by atoms with Gasteiger partial charge in [-0.1, -0.05) is 48.5 Å². The summed E-state index contributed by atoms with van der Waals surface area (Å²) in [6, 6.07) is 13.9. The number of nitrogens with zero attached hydrogens (tertiary/aromatic N) is 4. The van der Waals surface area contributed by atoms with Crippen molar-refractivity contribution < 1.29 is 9.72 Å². The first-order valence-corrected chi connectivity index (χ1v) is 10.1. The lowest BCUT2D eigenvalue weighted by Crippen LogP contribution is -2.14. The predicted octanol–water partition coefficient (Wildman–Crippen LogP) is 4.30. The summed E-state index contributed by atoms with van der Waals surface area (Å²) >= 11 is 1.29. The van der Waals surface area contributed by atoms with Gasteiger partial charge in [0.25, 0.3) is 5.69 Å². The Bertz CT molecular complexity index is 1030. The number of rotatable bonds is 8. The maximum absolute atomic E-state index is 12.3. The molecule has 0 aliphatic heterocycles. The van der Waals surface area contributed by atoms with Gasteiger partial charge in [-0.2, -0.15) is 0 Å². The van der Waals surface area contributed by atoms with Gasteiger partial charge in [0.2, 0.25) is 5.91 Å². The summed E-state index contributed by atoms with van der Waals surface area (Å²) in [4.78, 5) is 22.7.